The highest BCUT2D eigenvalue weighted by molar-refractivity contribution is 7.10. The van der Waals surface area contributed by atoms with Crippen LogP contribution in [0.15, 0.2) is 47.9 Å². The lowest BCUT2D eigenvalue weighted by molar-refractivity contribution is 0.442. The molecular formula is C19H23NS. The second-order valence-corrected chi connectivity index (χ2v) is 6.82. The molecule has 2 N–H and O–H groups in total. The number of benzene rings is 1. The average Bonchev–Trinajstić information content (AvgIpc) is 3.04. The van der Waals surface area contributed by atoms with Crippen LogP contribution in [0.25, 0.3) is 6.08 Å². The molecular weight excluding hydrogens is 274 g/mol. The smallest absolute Gasteiger partial charge is 0.0581 e. The number of thiophene rings is 1. The number of hydrogen-bond acceptors (Lipinski definition) is 2. The van der Waals surface area contributed by atoms with E-state index in [1.165, 1.54) is 48.1 Å². The fourth-order valence-corrected chi connectivity index (χ4v) is 4.19. The molecule has 1 aliphatic rings. The second-order valence-electron chi connectivity index (χ2n) is 5.87. The zero-order chi connectivity index (χ0) is 14.5. The van der Waals surface area contributed by atoms with E-state index in [2.05, 4.69) is 47.9 Å². The molecule has 0 amide bonds. The van der Waals surface area contributed by atoms with Crippen molar-refractivity contribution >= 4 is 17.4 Å². The first-order chi connectivity index (χ1) is 10.3. The zero-order valence-corrected chi connectivity index (χ0v) is 13.2. The molecule has 2 heteroatoms. The fourth-order valence-electron chi connectivity index (χ4n) is 3.22. The van der Waals surface area contributed by atoms with Gasteiger partial charge in [-0.05, 0) is 41.3 Å². The minimum Gasteiger partial charge on any atom is -0.320 e. The SMILES string of the molecule is NC(C=Cc1ccccc1)c1sccc1C1CCCCC1. The molecule has 1 nitrogen and oxygen atoms in total. The van der Waals surface area contributed by atoms with E-state index in [1.807, 2.05) is 17.4 Å². The molecule has 1 saturated carbocycles. The Balaban J connectivity index is 1.74. The molecule has 1 heterocycles. The van der Waals surface area contributed by atoms with Crippen molar-refractivity contribution in [3.63, 3.8) is 0 Å². The van der Waals surface area contributed by atoms with Crippen LogP contribution in [0.2, 0.25) is 0 Å². The Hall–Kier alpha value is -1.38. The van der Waals surface area contributed by atoms with Crippen LogP contribution in [-0.4, -0.2) is 0 Å². The molecule has 0 bridgehead atoms. The molecule has 1 atom stereocenters. The quantitative estimate of drug-likeness (QED) is 0.791. The van der Waals surface area contributed by atoms with Gasteiger partial charge in [0, 0.05) is 4.88 Å². The maximum Gasteiger partial charge on any atom is 0.0581 e. The first-order valence-electron chi connectivity index (χ1n) is 7.91. The van der Waals surface area contributed by atoms with E-state index >= 15 is 0 Å². The van der Waals surface area contributed by atoms with E-state index in [1.54, 1.807) is 0 Å². The molecule has 0 radical (unpaired) electrons. The third-order valence-electron chi connectivity index (χ3n) is 4.37. The molecule has 0 aliphatic heterocycles. The molecule has 1 aromatic heterocycles. The highest BCUT2D eigenvalue weighted by Gasteiger charge is 2.21. The lowest BCUT2D eigenvalue weighted by Gasteiger charge is -2.23. The summed E-state index contributed by atoms with van der Waals surface area (Å²) in [5.41, 5.74) is 9.13. The summed E-state index contributed by atoms with van der Waals surface area (Å²) >= 11 is 1.81. The lowest BCUT2D eigenvalue weighted by atomic mass is 9.83. The van der Waals surface area contributed by atoms with E-state index < -0.39 is 0 Å². The molecule has 0 saturated heterocycles. The van der Waals surface area contributed by atoms with Crippen molar-refractivity contribution in [1.29, 1.82) is 0 Å². The Morgan fingerprint density at radius 3 is 2.57 bits per heavy atom. The number of nitrogens with two attached hydrogens (primary N) is 1. The van der Waals surface area contributed by atoms with Crippen molar-refractivity contribution < 1.29 is 0 Å². The van der Waals surface area contributed by atoms with Crippen molar-refractivity contribution in [2.75, 3.05) is 0 Å². The van der Waals surface area contributed by atoms with Gasteiger partial charge in [0.2, 0.25) is 0 Å². The van der Waals surface area contributed by atoms with E-state index in [9.17, 15) is 0 Å². The standard InChI is InChI=1S/C19H23NS/c20-18(12-11-15-7-3-1-4-8-15)19-17(13-14-21-19)16-9-5-2-6-10-16/h1,3-4,7-8,11-14,16,18H,2,5-6,9-10,20H2. The van der Waals surface area contributed by atoms with Crippen LogP contribution in [0.5, 0.6) is 0 Å². The molecule has 110 valence electrons. The van der Waals surface area contributed by atoms with Crippen LogP contribution in [0, 0.1) is 0 Å². The van der Waals surface area contributed by atoms with Gasteiger partial charge >= 0.3 is 0 Å². The molecule has 3 rings (SSSR count). The topological polar surface area (TPSA) is 26.0 Å². The summed E-state index contributed by atoms with van der Waals surface area (Å²) in [7, 11) is 0. The van der Waals surface area contributed by atoms with Crippen molar-refractivity contribution in [2.24, 2.45) is 5.73 Å². The zero-order valence-electron chi connectivity index (χ0n) is 12.4. The summed E-state index contributed by atoms with van der Waals surface area (Å²) < 4.78 is 0. The minimum atomic E-state index is 0.0159. The molecule has 1 aromatic carbocycles. The van der Waals surface area contributed by atoms with Gasteiger partial charge in [0.05, 0.1) is 6.04 Å². The van der Waals surface area contributed by atoms with Crippen molar-refractivity contribution in [2.45, 2.75) is 44.1 Å². The van der Waals surface area contributed by atoms with E-state index in [4.69, 9.17) is 5.73 Å². The Labute approximate surface area is 131 Å². The van der Waals surface area contributed by atoms with Crippen molar-refractivity contribution in [3.05, 3.63) is 63.9 Å². The Morgan fingerprint density at radius 2 is 1.81 bits per heavy atom. The summed E-state index contributed by atoms with van der Waals surface area (Å²) in [5, 5.41) is 2.20. The van der Waals surface area contributed by atoms with Crippen molar-refractivity contribution in [1.82, 2.24) is 0 Å². The molecule has 0 spiro atoms. The summed E-state index contributed by atoms with van der Waals surface area (Å²) in [5.74, 6) is 0.733. The monoisotopic (exact) mass is 297 g/mol. The molecule has 1 unspecified atom stereocenters. The van der Waals surface area contributed by atoms with Crippen LogP contribution < -0.4 is 5.73 Å². The van der Waals surface area contributed by atoms with Crippen LogP contribution in [0.3, 0.4) is 0 Å². The summed E-state index contributed by atoms with van der Waals surface area (Å²) in [6.45, 7) is 0. The predicted molar refractivity (Wildman–Crippen MR) is 92.5 cm³/mol. The minimum absolute atomic E-state index is 0.0159. The Morgan fingerprint density at radius 1 is 1.05 bits per heavy atom. The molecule has 2 aromatic rings. The van der Waals surface area contributed by atoms with Gasteiger partial charge in [0.1, 0.15) is 0 Å². The highest BCUT2D eigenvalue weighted by atomic mass is 32.1. The third-order valence-corrected chi connectivity index (χ3v) is 5.40. The lowest BCUT2D eigenvalue weighted by Crippen LogP contribution is -2.11. The van der Waals surface area contributed by atoms with Gasteiger partial charge in [-0.3, -0.25) is 0 Å². The first-order valence-corrected chi connectivity index (χ1v) is 8.78. The number of hydrogen-bond donors (Lipinski definition) is 1. The Bertz CT molecular complexity index is 579. The van der Waals surface area contributed by atoms with Gasteiger partial charge in [-0.15, -0.1) is 11.3 Å². The average molecular weight is 297 g/mol. The first kappa shape index (κ1) is 14.6. The highest BCUT2D eigenvalue weighted by Crippen LogP contribution is 2.38. The van der Waals surface area contributed by atoms with Gasteiger partial charge in [-0.2, -0.15) is 0 Å². The summed E-state index contributed by atoms with van der Waals surface area (Å²) in [4.78, 5) is 1.36. The third kappa shape index (κ3) is 3.63. The van der Waals surface area contributed by atoms with Crippen molar-refractivity contribution in [3.8, 4) is 0 Å². The largest absolute Gasteiger partial charge is 0.320 e. The van der Waals surface area contributed by atoms with Crippen LogP contribution in [0.4, 0.5) is 0 Å². The summed E-state index contributed by atoms with van der Waals surface area (Å²) in [6, 6.07) is 12.7. The Kier molecular flexibility index (Phi) is 4.89. The normalized spacial score (nSPS) is 18.1. The fraction of sp³-hybridized carbons (Fsp3) is 0.368. The summed E-state index contributed by atoms with van der Waals surface area (Å²) in [6.07, 6.45) is 11.1. The van der Waals surface area contributed by atoms with Gasteiger partial charge in [-0.1, -0.05) is 61.7 Å². The van der Waals surface area contributed by atoms with E-state index in [0.29, 0.717) is 0 Å². The molecule has 1 fully saturated rings. The van der Waals surface area contributed by atoms with E-state index in [-0.39, 0.29) is 6.04 Å². The van der Waals surface area contributed by atoms with E-state index in [0.717, 1.165) is 5.92 Å². The molecule has 21 heavy (non-hydrogen) atoms. The van der Waals surface area contributed by atoms with Gasteiger partial charge < -0.3 is 5.73 Å². The van der Waals surface area contributed by atoms with Crippen LogP contribution in [-0.2, 0) is 0 Å². The number of rotatable bonds is 4. The molecule has 1 aliphatic carbocycles. The van der Waals surface area contributed by atoms with Gasteiger partial charge in [0.15, 0.2) is 0 Å². The van der Waals surface area contributed by atoms with Gasteiger partial charge in [-0.25, -0.2) is 0 Å². The second kappa shape index (κ2) is 7.06. The maximum absolute atomic E-state index is 6.42. The van der Waals surface area contributed by atoms with Gasteiger partial charge in [0.25, 0.3) is 0 Å². The predicted octanol–water partition coefficient (Wildman–Crippen LogP) is 5.51. The van der Waals surface area contributed by atoms with Crippen LogP contribution >= 0.6 is 11.3 Å². The maximum atomic E-state index is 6.42. The van der Waals surface area contributed by atoms with Crippen LogP contribution in [0.1, 0.15) is 60.1 Å².